The predicted octanol–water partition coefficient (Wildman–Crippen LogP) is 2.69. The molecule has 0 N–H and O–H groups in total. The molecule has 0 amide bonds. The number of hydrogen-bond acceptors (Lipinski definition) is 2. The van der Waals surface area contributed by atoms with Gasteiger partial charge in [0.2, 0.25) is 5.22 Å². The average molecular weight is 171 g/mol. The first-order valence-electron chi connectivity index (χ1n) is 3.06. The number of rotatable bonds is 2. The molecular formula is C8H7ClO2. The van der Waals surface area contributed by atoms with Gasteiger partial charge in [0.15, 0.2) is 5.78 Å². The van der Waals surface area contributed by atoms with Crippen molar-refractivity contribution in [3.05, 3.63) is 35.3 Å². The molecule has 0 atom stereocenters. The Hall–Kier alpha value is -1.02. The third-order valence-corrected chi connectivity index (χ3v) is 1.54. The lowest BCUT2D eigenvalue weighted by molar-refractivity contribution is 0.103. The lowest BCUT2D eigenvalue weighted by atomic mass is 10.1. The Morgan fingerprint density at radius 3 is 2.73 bits per heavy atom. The zero-order valence-electron chi connectivity index (χ0n) is 6.06. The largest absolute Gasteiger partial charge is 0.452 e. The van der Waals surface area contributed by atoms with Crippen LogP contribution in [-0.4, -0.2) is 5.78 Å². The normalized spacial score (nSPS) is 9.64. The highest BCUT2D eigenvalue weighted by Crippen LogP contribution is 2.19. The molecule has 0 aliphatic rings. The molecule has 1 aromatic heterocycles. The molecule has 0 spiro atoms. The van der Waals surface area contributed by atoms with Crippen LogP contribution in [0, 0.1) is 0 Å². The summed E-state index contributed by atoms with van der Waals surface area (Å²) in [6, 6.07) is 1.53. The highest BCUT2D eigenvalue weighted by molar-refractivity contribution is 6.33. The fourth-order valence-electron chi connectivity index (χ4n) is 0.686. The molecule has 0 unspecified atom stereocenters. The third kappa shape index (κ3) is 1.52. The number of carbonyl (C=O) groups is 1. The first kappa shape index (κ1) is 8.08. The monoisotopic (exact) mass is 170 g/mol. The van der Waals surface area contributed by atoms with E-state index < -0.39 is 0 Å². The Kier molecular flexibility index (Phi) is 2.15. The van der Waals surface area contributed by atoms with Gasteiger partial charge in [0.05, 0.1) is 11.8 Å². The molecule has 0 radical (unpaired) electrons. The minimum Gasteiger partial charge on any atom is -0.452 e. The van der Waals surface area contributed by atoms with Gasteiger partial charge in [-0.25, -0.2) is 0 Å². The van der Waals surface area contributed by atoms with E-state index in [1.54, 1.807) is 6.92 Å². The van der Waals surface area contributed by atoms with Crippen LogP contribution in [-0.2, 0) is 0 Å². The third-order valence-electron chi connectivity index (χ3n) is 1.25. The summed E-state index contributed by atoms with van der Waals surface area (Å²) in [4.78, 5) is 11.2. The number of halogens is 1. The summed E-state index contributed by atoms with van der Waals surface area (Å²) >= 11 is 5.55. The molecule has 0 aromatic carbocycles. The zero-order valence-corrected chi connectivity index (χ0v) is 6.81. The Morgan fingerprint density at radius 2 is 2.36 bits per heavy atom. The van der Waals surface area contributed by atoms with E-state index in [9.17, 15) is 4.79 Å². The summed E-state index contributed by atoms with van der Waals surface area (Å²) in [5.41, 5.74) is 0.826. The lowest BCUT2D eigenvalue weighted by Crippen LogP contribution is -1.97. The summed E-state index contributed by atoms with van der Waals surface area (Å²) in [6.45, 7) is 5.13. The van der Waals surface area contributed by atoms with Crippen molar-refractivity contribution in [3.63, 3.8) is 0 Å². The molecular weight excluding hydrogens is 164 g/mol. The van der Waals surface area contributed by atoms with Gasteiger partial charge >= 0.3 is 0 Å². The fraction of sp³-hybridized carbons (Fsp3) is 0.125. The second-order valence-corrected chi connectivity index (χ2v) is 2.56. The van der Waals surface area contributed by atoms with Gasteiger partial charge in [-0.05, 0) is 30.2 Å². The number of ketones is 1. The van der Waals surface area contributed by atoms with E-state index in [-0.39, 0.29) is 11.0 Å². The first-order valence-corrected chi connectivity index (χ1v) is 3.44. The average Bonchev–Trinajstić information content (AvgIpc) is 2.33. The molecule has 0 aliphatic heterocycles. The standard InChI is InChI=1S/C8H7ClO2/c1-5(2)7(10)6-3-4-11-8(6)9/h3-4H,1H2,2H3. The van der Waals surface area contributed by atoms with Gasteiger partial charge in [-0.2, -0.15) is 0 Å². The minimum atomic E-state index is -0.177. The Bertz CT molecular complexity index is 299. The Morgan fingerprint density at radius 1 is 1.73 bits per heavy atom. The van der Waals surface area contributed by atoms with Crippen molar-refractivity contribution in [2.45, 2.75) is 6.92 Å². The molecule has 0 saturated carbocycles. The van der Waals surface area contributed by atoms with Crippen molar-refractivity contribution >= 4 is 17.4 Å². The van der Waals surface area contributed by atoms with Crippen LogP contribution in [0.4, 0.5) is 0 Å². The van der Waals surface area contributed by atoms with Gasteiger partial charge in [0.1, 0.15) is 0 Å². The first-order chi connectivity index (χ1) is 5.13. The number of furan rings is 1. The quantitative estimate of drug-likeness (QED) is 0.505. The maximum Gasteiger partial charge on any atom is 0.204 e. The van der Waals surface area contributed by atoms with E-state index in [4.69, 9.17) is 16.0 Å². The van der Waals surface area contributed by atoms with Crippen LogP contribution in [0.1, 0.15) is 17.3 Å². The smallest absolute Gasteiger partial charge is 0.204 e. The second kappa shape index (κ2) is 2.93. The van der Waals surface area contributed by atoms with E-state index in [1.165, 1.54) is 12.3 Å². The van der Waals surface area contributed by atoms with Gasteiger partial charge < -0.3 is 4.42 Å². The summed E-state index contributed by atoms with van der Waals surface area (Å²) in [5.74, 6) is -0.177. The zero-order chi connectivity index (χ0) is 8.43. The number of allylic oxidation sites excluding steroid dienone is 1. The van der Waals surface area contributed by atoms with Crippen LogP contribution in [0.2, 0.25) is 5.22 Å². The predicted molar refractivity (Wildman–Crippen MR) is 42.9 cm³/mol. The van der Waals surface area contributed by atoms with E-state index in [0.717, 1.165) is 0 Å². The highest BCUT2D eigenvalue weighted by Gasteiger charge is 2.12. The van der Waals surface area contributed by atoms with Crippen LogP contribution in [0.25, 0.3) is 0 Å². The molecule has 0 aliphatic carbocycles. The molecule has 0 bridgehead atoms. The van der Waals surface area contributed by atoms with E-state index in [0.29, 0.717) is 11.1 Å². The molecule has 11 heavy (non-hydrogen) atoms. The van der Waals surface area contributed by atoms with Gasteiger partial charge in [-0.15, -0.1) is 0 Å². The van der Waals surface area contributed by atoms with Crippen LogP contribution in [0.5, 0.6) is 0 Å². The molecule has 3 heteroatoms. The molecule has 0 fully saturated rings. The second-order valence-electron chi connectivity index (χ2n) is 2.22. The minimum absolute atomic E-state index is 0.123. The van der Waals surface area contributed by atoms with Crippen molar-refractivity contribution < 1.29 is 9.21 Å². The molecule has 2 nitrogen and oxygen atoms in total. The van der Waals surface area contributed by atoms with Gasteiger partial charge in [0, 0.05) is 0 Å². The lowest BCUT2D eigenvalue weighted by Gasteiger charge is -1.93. The molecule has 58 valence electrons. The van der Waals surface area contributed by atoms with Crippen molar-refractivity contribution in [2.75, 3.05) is 0 Å². The molecule has 1 aromatic rings. The summed E-state index contributed by atoms with van der Waals surface area (Å²) in [7, 11) is 0. The maximum absolute atomic E-state index is 11.2. The van der Waals surface area contributed by atoms with Crippen LogP contribution in [0.15, 0.2) is 28.9 Å². The highest BCUT2D eigenvalue weighted by atomic mass is 35.5. The van der Waals surface area contributed by atoms with E-state index in [2.05, 4.69) is 6.58 Å². The summed E-state index contributed by atoms with van der Waals surface area (Å²) < 4.78 is 4.74. The van der Waals surface area contributed by atoms with Crippen molar-refractivity contribution in [1.29, 1.82) is 0 Å². The van der Waals surface area contributed by atoms with Gasteiger partial charge in [-0.1, -0.05) is 6.58 Å². The van der Waals surface area contributed by atoms with Crippen molar-refractivity contribution in [3.8, 4) is 0 Å². The Balaban J connectivity index is 3.02. The topological polar surface area (TPSA) is 30.2 Å². The van der Waals surface area contributed by atoms with Crippen molar-refractivity contribution in [1.82, 2.24) is 0 Å². The van der Waals surface area contributed by atoms with Crippen LogP contribution in [0.3, 0.4) is 0 Å². The SMILES string of the molecule is C=C(C)C(=O)c1ccoc1Cl. The molecule has 1 heterocycles. The Labute approximate surface area is 69.5 Å². The fourth-order valence-corrected chi connectivity index (χ4v) is 0.886. The summed E-state index contributed by atoms with van der Waals surface area (Å²) in [5, 5.41) is 0.123. The van der Waals surface area contributed by atoms with Crippen LogP contribution < -0.4 is 0 Å². The van der Waals surface area contributed by atoms with Gasteiger partial charge in [0.25, 0.3) is 0 Å². The molecule has 1 rings (SSSR count). The molecule has 0 saturated heterocycles. The van der Waals surface area contributed by atoms with Gasteiger partial charge in [-0.3, -0.25) is 4.79 Å². The number of hydrogen-bond donors (Lipinski definition) is 0. The van der Waals surface area contributed by atoms with E-state index in [1.807, 2.05) is 0 Å². The van der Waals surface area contributed by atoms with Crippen molar-refractivity contribution in [2.24, 2.45) is 0 Å². The number of Topliss-reactive ketones (excluding diaryl/α,β-unsaturated/α-hetero) is 1. The number of carbonyl (C=O) groups excluding carboxylic acids is 1. The summed E-state index contributed by atoms with van der Waals surface area (Å²) in [6.07, 6.45) is 1.37. The maximum atomic E-state index is 11.2. The van der Waals surface area contributed by atoms with E-state index >= 15 is 0 Å². The van der Waals surface area contributed by atoms with Crippen LogP contribution >= 0.6 is 11.6 Å².